The average molecular weight is 460 g/mol. The molecule has 4 rings (SSSR count). The van der Waals surface area contributed by atoms with Crippen molar-refractivity contribution in [1.29, 1.82) is 0 Å². The molecule has 1 saturated carbocycles. The summed E-state index contributed by atoms with van der Waals surface area (Å²) in [6, 6.07) is -0.656. The van der Waals surface area contributed by atoms with Crippen LogP contribution in [-0.4, -0.2) is 69.8 Å². The first kappa shape index (κ1) is 23.8. The maximum Gasteiger partial charge on any atom is 0.330 e. The van der Waals surface area contributed by atoms with Gasteiger partial charge >= 0.3 is 5.97 Å². The lowest BCUT2D eigenvalue weighted by molar-refractivity contribution is -0.147. The number of hydrogen-bond donors (Lipinski definition) is 2. The molecule has 2 unspecified atom stereocenters. The molecule has 0 aromatic carbocycles. The van der Waals surface area contributed by atoms with Gasteiger partial charge in [-0.1, -0.05) is 25.0 Å². The smallest absolute Gasteiger partial charge is 0.330 e. The number of nitrogens with one attached hydrogen (secondary N) is 1. The van der Waals surface area contributed by atoms with E-state index in [9.17, 15) is 24.3 Å². The van der Waals surface area contributed by atoms with Gasteiger partial charge in [0.05, 0.1) is 0 Å². The Morgan fingerprint density at radius 1 is 1.00 bits per heavy atom. The zero-order valence-corrected chi connectivity index (χ0v) is 19.5. The number of fused-ring (bicyclic) bond motifs is 2. The van der Waals surface area contributed by atoms with E-state index in [1.807, 2.05) is 17.1 Å². The van der Waals surface area contributed by atoms with Crippen LogP contribution in [-0.2, 0) is 19.2 Å². The van der Waals surface area contributed by atoms with Gasteiger partial charge in [-0.2, -0.15) is 0 Å². The third kappa shape index (κ3) is 5.25. The van der Waals surface area contributed by atoms with Crippen molar-refractivity contribution in [1.82, 2.24) is 15.1 Å². The quantitative estimate of drug-likeness (QED) is 0.631. The van der Waals surface area contributed by atoms with Crippen LogP contribution >= 0.6 is 0 Å². The van der Waals surface area contributed by atoms with Crippen LogP contribution in [0, 0.1) is 11.8 Å². The van der Waals surface area contributed by atoms with Gasteiger partial charge < -0.3 is 20.2 Å². The fraction of sp³-hybridized carbons (Fsp3) is 0.760. The van der Waals surface area contributed by atoms with Gasteiger partial charge in [0.1, 0.15) is 11.6 Å². The van der Waals surface area contributed by atoms with Crippen molar-refractivity contribution < 1.29 is 24.3 Å². The van der Waals surface area contributed by atoms with Gasteiger partial charge in [-0.25, -0.2) is 4.79 Å². The second kappa shape index (κ2) is 10.3. The summed E-state index contributed by atoms with van der Waals surface area (Å²) in [5, 5.41) is 12.6. The normalized spacial score (nSPS) is 34.4. The van der Waals surface area contributed by atoms with Crippen LogP contribution in [0.2, 0.25) is 0 Å². The number of hydrogen-bond acceptors (Lipinski definition) is 4. The molecule has 182 valence electrons. The van der Waals surface area contributed by atoms with Crippen LogP contribution in [0.5, 0.6) is 0 Å². The van der Waals surface area contributed by atoms with Crippen LogP contribution in [0.4, 0.5) is 0 Å². The standard InChI is InChI=1S/C25H37N3O5/c29-21(27-13-7-4-8-14-27)16-18-10-5-2-1-3-6-11-19-17-25(19,24(32)33)26-22(30)20-12-9-15-28(20)23(18)31/h6,11,18-20H,1-5,7-10,12-17H2,(H,26,30)(H,32,33)/b11-6-/t18-,19?,20-,25?/m0/s1. The third-order valence-corrected chi connectivity index (χ3v) is 7.85. The highest BCUT2D eigenvalue weighted by Gasteiger charge is 2.61. The number of aliphatic carboxylic acids is 1. The van der Waals surface area contributed by atoms with E-state index in [1.54, 1.807) is 4.90 Å². The molecule has 3 fully saturated rings. The van der Waals surface area contributed by atoms with E-state index in [2.05, 4.69) is 5.32 Å². The molecule has 3 aliphatic heterocycles. The molecule has 0 spiro atoms. The Bertz CT molecular complexity index is 806. The number of likely N-dealkylation sites (tertiary alicyclic amines) is 1. The summed E-state index contributed by atoms with van der Waals surface area (Å²) < 4.78 is 0. The van der Waals surface area contributed by atoms with Crippen molar-refractivity contribution in [2.75, 3.05) is 19.6 Å². The predicted molar refractivity (Wildman–Crippen MR) is 122 cm³/mol. The minimum atomic E-state index is -1.26. The Labute approximate surface area is 195 Å². The number of amides is 3. The lowest BCUT2D eigenvalue weighted by Gasteiger charge is -2.31. The third-order valence-electron chi connectivity index (χ3n) is 7.85. The van der Waals surface area contributed by atoms with Gasteiger partial charge in [0, 0.05) is 37.9 Å². The molecule has 0 aromatic heterocycles. The molecular weight excluding hydrogens is 422 g/mol. The molecule has 2 saturated heterocycles. The Hall–Kier alpha value is -2.38. The maximum atomic E-state index is 13.6. The average Bonchev–Trinajstić information content (AvgIpc) is 3.27. The molecule has 3 heterocycles. The highest BCUT2D eigenvalue weighted by molar-refractivity contribution is 5.95. The fourth-order valence-corrected chi connectivity index (χ4v) is 5.69. The predicted octanol–water partition coefficient (Wildman–Crippen LogP) is 2.48. The van der Waals surface area contributed by atoms with Crippen molar-refractivity contribution in [3.05, 3.63) is 12.2 Å². The summed E-state index contributed by atoms with van der Waals surface area (Å²) in [5.74, 6) is -2.10. The second-order valence-corrected chi connectivity index (χ2v) is 10.2. The Morgan fingerprint density at radius 3 is 2.52 bits per heavy atom. The zero-order chi connectivity index (χ0) is 23.4. The molecule has 8 nitrogen and oxygen atoms in total. The van der Waals surface area contributed by atoms with Crippen molar-refractivity contribution in [2.45, 2.75) is 88.6 Å². The number of rotatable bonds is 3. The lowest BCUT2D eigenvalue weighted by Crippen LogP contribution is -2.54. The van der Waals surface area contributed by atoms with E-state index in [4.69, 9.17) is 0 Å². The number of carboxylic acid groups (broad SMARTS) is 1. The van der Waals surface area contributed by atoms with E-state index < -0.39 is 23.5 Å². The topological polar surface area (TPSA) is 107 Å². The van der Waals surface area contributed by atoms with E-state index >= 15 is 0 Å². The monoisotopic (exact) mass is 459 g/mol. The van der Waals surface area contributed by atoms with Gasteiger partial charge in [0.2, 0.25) is 17.7 Å². The maximum absolute atomic E-state index is 13.6. The highest BCUT2D eigenvalue weighted by Crippen LogP contribution is 2.45. The molecular formula is C25H37N3O5. The van der Waals surface area contributed by atoms with Gasteiger partial charge in [-0.05, 0) is 57.8 Å². The molecule has 3 amide bonds. The summed E-state index contributed by atoms with van der Waals surface area (Å²) in [6.45, 7) is 2.01. The van der Waals surface area contributed by atoms with E-state index in [-0.39, 0.29) is 30.1 Å². The van der Waals surface area contributed by atoms with Gasteiger partial charge in [-0.15, -0.1) is 0 Å². The number of carbonyl (C=O) groups excluding carboxylic acids is 3. The number of nitrogens with zero attached hydrogens (tertiary/aromatic N) is 2. The Kier molecular flexibility index (Phi) is 7.39. The summed E-state index contributed by atoms with van der Waals surface area (Å²) in [5.41, 5.74) is -1.26. The van der Waals surface area contributed by atoms with Crippen molar-refractivity contribution >= 4 is 23.7 Å². The van der Waals surface area contributed by atoms with Gasteiger partial charge in [-0.3, -0.25) is 14.4 Å². The molecule has 1 aliphatic carbocycles. The Morgan fingerprint density at radius 2 is 1.76 bits per heavy atom. The molecule has 33 heavy (non-hydrogen) atoms. The number of allylic oxidation sites excluding steroid dienone is 1. The van der Waals surface area contributed by atoms with E-state index in [0.717, 1.165) is 58.0 Å². The molecule has 0 radical (unpaired) electrons. The van der Waals surface area contributed by atoms with Crippen molar-refractivity contribution in [2.24, 2.45) is 11.8 Å². The largest absolute Gasteiger partial charge is 0.479 e. The van der Waals surface area contributed by atoms with Crippen LogP contribution in [0.25, 0.3) is 0 Å². The highest BCUT2D eigenvalue weighted by atomic mass is 16.4. The lowest BCUT2D eigenvalue weighted by atomic mass is 9.94. The second-order valence-electron chi connectivity index (χ2n) is 10.2. The SMILES string of the molecule is O=C1NC2(C(=O)O)CC2/C=C\CCCCC[C@@H](CC(=O)N2CCCCC2)C(=O)N2CCC[C@@H]12. The summed E-state index contributed by atoms with van der Waals surface area (Å²) in [4.78, 5) is 55.1. The number of piperidine rings is 1. The molecule has 0 aromatic rings. The molecule has 4 aliphatic rings. The van der Waals surface area contributed by atoms with Crippen LogP contribution in [0.3, 0.4) is 0 Å². The zero-order valence-electron chi connectivity index (χ0n) is 19.5. The summed E-state index contributed by atoms with van der Waals surface area (Å²) in [7, 11) is 0. The van der Waals surface area contributed by atoms with Gasteiger partial charge in [0.25, 0.3) is 0 Å². The molecule has 4 atom stereocenters. The van der Waals surface area contributed by atoms with Gasteiger partial charge in [0.15, 0.2) is 0 Å². The summed E-state index contributed by atoms with van der Waals surface area (Å²) in [6.07, 6.45) is 13.2. The first-order chi connectivity index (χ1) is 15.9. The Balaban J connectivity index is 1.51. The van der Waals surface area contributed by atoms with E-state index in [1.165, 1.54) is 0 Å². The molecule has 0 bridgehead atoms. The van der Waals surface area contributed by atoms with Crippen LogP contribution < -0.4 is 5.32 Å². The first-order valence-corrected chi connectivity index (χ1v) is 12.7. The fourth-order valence-electron chi connectivity index (χ4n) is 5.69. The van der Waals surface area contributed by atoms with Crippen LogP contribution in [0.15, 0.2) is 12.2 Å². The molecule has 8 heteroatoms. The molecule has 2 N–H and O–H groups in total. The van der Waals surface area contributed by atoms with Crippen LogP contribution in [0.1, 0.15) is 77.0 Å². The van der Waals surface area contributed by atoms with Crippen molar-refractivity contribution in [3.63, 3.8) is 0 Å². The minimum Gasteiger partial charge on any atom is -0.479 e. The summed E-state index contributed by atoms with van der Waals surface area (Å²) >= 11 is 0. The van der Waals surface area contributed by atoms with E-state index in [0.29, 0.717) is 32.2 Å². The number of carbonyl (C=O) groups is 4. The first-order valence-electron chi connectivity index (χ1n) is 12.7. The number of carboxylic acids is 1. The van der Waals surface area contributed by atoms with Crippen molar-refractivity contribution in [3.8, 4) is 0 Å². The minimum absolute atomic E-state index is 0.0414.